The largest absolute Gasteiger partial charge is 0.341 e. The molecule has 3 aromatic rings. The van der Waals surface area contributed by atoms with E-state index in [0.717, 1.165) is 5.56 Å². The van der Waals surface area contributed by atoms with Gasteiger partial charge in [-0.25, -0.2) is 21.9 Å². The zero-order chi connectivity index (χ0) is 27.8. The maximum Gasteiger partial charge on any atom is 0.262 e. The van der Waals surface area contributed by atoms with E-state index < -0.39 is 41.0 Å². The first-order valence-electron chi connectivity index (χ1n) is 12.9. The number of rotatable bonds is 6. The quantitative estimate of drug-likeness (QED) is 0.430. The Morgan fingerprint density at radius 2 is 1.64 bits per heavy atom. The van der Waals surface area contributed by atoms with Crippen LogP contribution in [0.5, 0.6) is 0 Å². The summed E-state index contributed by atoms with van der Waals surface area (Å²) in [5, 5.41) is 6.54. The molecule has 2 heterocycles. The van der Waals surface area contributed by atoms with Crippen LogP contribution in [0.15, 0.2) is 65.6 Å². The SMILES string of the molecule is Cc1ccccc1C(=O)Nc1ccc(S(=O)(=O)NC2CCN(C(=O)[C@@H]3CC(F)(F)CN3)CC2)c2ccccc12. The number of carbonyl (C=O) groups is 2. The van der Waals surface area contributed by atoms with Gasteiger partial charge in [-0.15, -0.1) is 0 Å². The van der Waals surface area contributed by atoms with Crippen LogP contribution in [0.1, 0.15) is 35.2 Å². The monoisotopic (exact) mass is 556 g/mol. The van der Waals surface area contributed by atoms with E-state index in [2.05, 4.69) is 15.4 Å². The molecule has 0 saturated carbocycles. The lowest BCUT2D eigenvalue weighted by Gasteiger charge is -2.33. The fraction of sp³-hybridized carbons (Fsp3) is 0.357. The number of fused-ring (bicyclic) bond motifs is 1. The molecule has 2 amide bonds. The zero-order valence-electron chi connectivity index (χ0n) is 21.4. The summed E-state index contributed by atoms with van der Waals surface area (Å²) in [6.07, 6.45) is 0.222. The van der Waals surface area contributed by atoms with Crippen molar-refractivity contribution in [3.05, 3.63) is 71.8 Å². The van der Waals surface area contributed by atoms with Crippen molar-refractivity contribution in [1.29, 1.82) is 0 Å². The van der Waals surface area contributed by atoms with Crippen LogP contribution in [0.25, 0.3) is 10.8 Å². The summed E-state index contributed by atoms with van der Waals surface area (Å²) in [6.45, 7) is 1.89. The van der Waals surface area contributed by atoms with Gasteiger partial charge >= 0.3 is 0 Å². The maximum absolute atomic E-state index is 13.5. The third kappa shape index (κ3) is 5.80. The van der Waals surface area contributed by atoms with Crippen molar-refractivity contribution in [3.8, 4) is 0 Å². The minimum atomic E-state index is -3.94. The fourth-order valence-electron chi connectivity index (χ4n) is 5.24. The van der Waals surface area contributed by atoms with Gasteiger partial charge in [0.05, 0.1) is 17.5 Å². The number of benzene rings is 3. The number of hydrogen-bond donors (Lipinski definition) is 3. The normalized spacial score (nSPS) is 19.8. The number of aryl methyl sites for hydroxylation is 1. The molecule has 2 saturated heterocycles. The molecule has 3 N–H and O–H groups in total. The number of amides is 2. The van der Waals surface area contributed by atoms with E-state index in [1.807, 2.05) is 19.1 Å². The number of anilines is 1. The van der Waals surface area contributed by atoms with Crippen LogP contribution < -0.4 is 15.4 Å². The molecule has 0 radical (unpaired) electrons. The van der Waals surface area contributed by atoms with E-state index >= 15 is 0 Å². The first kappa shape index (κ1) is 27.2. The molecule has 2 aliphatic heterocycles. The third-order valence-corrected chi connectivity index (χ3v) is 8.93. The summed E-state index contributed by atoms with van der Waals surface area (Å²) < 4.78 is 56.6. The number of piperidine rings is 1. The summed E-state index contributed by atoms with van der Waals surface area (Å²) in [4.78, 5) is 27.1. The Morgan fingerprint density at radius 1 is 0.974 bits per heavy atom. The van der Waals surface area contributed by atoms with Gasteiger partial charge in [0.1, 0.15) is 0 Å². The Labute approximate surface area is 225 Å². The molecule has 2 fully saturated rings. The van der Waals surface area contributed by atoms with Gasteiger partial charge in [0.15, 0.2) is 0 Å². The minimum Gasteiger partial charge on any atom is -0.341 e. The molecule has 0 aromatic heterocycles. The molecule has 0 unspecified atom stereocenters. The van der Waals surface area contributed by atoms with Crippen LogP contribution in [0.3, 0.4) is 0 Å². The van der Waals surface area contributed by atoms with Crippen molar-refractivity contribution in [3.63, 3.8) is 0 Å². The lowest BCUT2D eigenvalue weighted by molar-refractivity contribution is -0.134. The highest BCUT2D eigenvalue weighted by atomic mass is 32.2. The summed E-state index contributed by atoms with van der Waals surface area (Å²) in [5.41, 5.74) is 1.85. The molecule has 0 bridgehead atoms. The number of hydrogen-bond acceptors (Lipinski definition) is 5. The highest BCUT2D eigenvalue weighted by Gasteiger charge is 2.44. The lowest BCUT2D eigenvalue weighted by Crippen LogP contribution is -2.50. The molecule has 11 heteroatoms. The Bertz CT molecular complexity index is 1520. The number of alkyl halides is 2. The standard InChI is InChI=1S/C28H30F2N4O4S/c1-18-6-2-3-7-20(18)26(35)32-23-10-11-25(22-9-5-4-8-21(22)23)39(37,38)33-19-12-14-34(15-13-19)27(36)24-16-28(29,30)17-31-24/h2-11,19,24,31,33H,12-17H2,1H3,(H,32,35)/t24-/m0/s1. The van der Waals surface area contributed by atoms with Gasteiger partial charge in [0.25, 0.3) is 11.8 Å². The van der Waals surface area contributed by atoms with Crippen LogP contribution in [0.4, 0.5) is 14.5 Å². The summed E-state index contributed by atoms with van der Waals surface area (Å²) in [6, 6.07) is 15.9. The maximum atomic E-state index is 13.5. The van der Waals surface area contributed by atoms with Crippen molar-refractivity contribution in [2.45, 2.75) is 49.1 Å². The van der Waals surface area contributed by atoms with Gasteiger partial charge in [-0.1, -0.05) is 42.5 Å². The molecule has 39 heavy (non-hydrogen) atoms. The van der Waals surface area contributed by atoms with Crippen molar-refractivity contribution >= 4 is 38.3 Å². The van der Waals surface area contributed by atoms with E-state index in [1.165, 1.54) is 11.0 Å². The van der Waals surface area contributed by atoms with E-state index in [4.69, 9.17) is 0 Å². The zero-order valence-corrected chi connectivity index (χ0v) is 22.2. The molecule has 2 aliphatic rings. The molecular formula is C28H30F2N4O4S. The Hall–Kier alpha value is -3.41. The van der Waals surface area contributed by atoms with Gasteiger partial charge in [0.2, 0.25) is 15.9 Å². The Morgan fingerprint density at radius 3 is 2.31 bits per heavy atom. The second-order valence-corrected chi connectivity index (χ2v) is 11.8. The molecular weight excluding hydrogens is 526 g/mol. The van der Waals surface area contributed by atoms with Crippen molar-refractivity contribution in [2.75, 3.05) is 25.0 Å². The Balaban J connectivity index is 1.29. The average molecular weight is 557 g/mol. The number of halogens is 2. The molecule has 1 atom stereocenters. The predicted octanol–water partition coefficient (Wildman–Crippen LogP) is 3.67. The smallest absolute Gasteiger partial charge is 0.262 e. The fourth-order valence-corrected chi connectivity index (χ4v) is 6.76. The minimum absolute atomic E-state index is 0.0860. The number of likely N-dealkylation sites (tertiary alicyclic amines) is 1. The van der Waals surface area contributed by atoms with Crippen molar-refractivity contribution in [1.82, 2.24) is 14.9 Å². The molecule has 5 rings (SSSR count). The molecule has 0 aliphatic carbocycles. The van der Waals surface area contributed by atoms with Crippen LogP contribution >= 0.6 is 0 Å². The first-order chi connectivity index (χ1) is 18.5. The van der Waals surface area contributed by atoms with Gasteiger partial charge in [-0.2, -0.15) is 0 Å². The van der Waals surface area contributed by atoms with Gasteiger partial charge in [-0.05, 0) is 43.5 Å². The molecule has 8 nitrogen and oxygen atoms in total. The van der Waals surface area contributed by atoms with E-state index in [0.29, 0.717) is 34.9 Å². The highest BCUT2D eigenvalue weighted by molar-refractivity contribution is 7.89. The summed E-state index contributed by atoms with van der Waals surface area (Å²) >= 11 is 0. The van der Waals surface area contributed by atoms with Gasteiger partial charge < -0.3 is 10.2 Å². The van der Waals surface area contributed by atoms with Crippen LogP contribution in [0, 0.1) is 6.92 Å². The first-order valence-corrected chi connectivity index (χ1v) is 14.3. The van der Waals surface area contributed by atoms with Crippen LogP contribution in [-0.2, 0) is 14.8 Å². The number of nitrogens with one attached hydrogen (secondary N) is 3. The average Bonchev–Trinajstić information content (AvgIpc) is 3.28. The predicted molar refractivity (Wildman–Crippen MR) is 144 cm³/mol. The number of sulfonamides is 1. The van der Waals surface area contributed by atoms with E-state index in [9.17, 15) is 26.8 Å². The third-order valence-electron chi connectivity index (χ3n) is 7.35. The van der Waals surface area contributed by atoms with Crippen LogP contribution in [0.2, 0.25) is 0 Å². The highest BCUT2D eigenvalue weighted by Crippen LogP contribution is 2.31. The molecule has 0 spiro atoms. The van der Waals surface area contributed by atoms with Crippen molar-refractivity contribution < 1.29 is 26.8 Å². The van der Waals surface area contributed by atoms with E-state index in [1.54, 1.807) is 42.5 Å². The second-order valence-electron chi connectivity index (χ2n) is 10.1. The molecule has 3 aromatic carbocycles. The lowest BCUT2D eigenvalue weighted by atomic mass is 10.0. The molecule has 206 valence electrons. The Kier molecular flexibility index (Phi) is 7.41. The second kappa shape index (κ2) is 10.6. The van der Waals surface area contributed by atoms with Gasteiger partial charge in [-0.3, -0.25) is 14.9 Å². The summed E-state index contributed by atoms with van der Waals surface area (Å²) in [5.74, 6) is -3.55. The number of nitrogens with zero attached hydrogens (tertiary/aromatic N) is 1. The van der Waals surface area contributed by atoms with Gasteiger partial charge in [0, 0.05) is 47.6 Å². The number of carbonyl (C=O) groups excluding carboxylic acids is 2. The van der Waals surface area contributed by atoms with Crippen molar-refractivity contribution in [2.24, 2.45) is 0 Å². The summed E-state index contributed by atoms with van der Waals surface area (Å²) in [7, 11) is -3.94. The van der Waals surface area contributed by atoms with E-state index in [-0.39, 0.29) is 29.8 Å². The van der Waals surface area contributed by atoms with Crippen LogP contribution in [-0.4, -0.2) is 62.8 Å². The topological polar surface area (TPSA) is 108 Å².